The highest BCUT2D eigenvalue weighted by Gasteiger charge is 2.38. The highest BCUT2D eigenvalue weighted by Crippen LogP contribution is 2.27. The van der Waals surface area contributed by atoms with Crippen molar-refractivity contribution in [3.63, 3.8) is 0 Å². The maximum Gasteiger partial charge on any atom is 0.243 e. The fourth-order valence-corrected chi connectivity index (χ4v) is 4.54. The van der Waals surface area contributed by atoms with Crippen molar-refractivity contribution in [2.24, 2.45) is 5.73 Å². The van der Waals surface area contributed by atoms with Crippen LogP contribution in [0.5, 0.6) is 0 Å². The number of morpholine rings is 1. The van der Waals surface area contributed by atoms with E-state index in [0.717, 1.165) is 0 Å². The molecule has 1 unspecified atom stereocenters. The molecule has 2 rings (SSSR count). The van der Waals surface area contributed by atoms with E-state index < -0.39 is 15.6 Å². The number of nitrogens with zero attached hydrogens (tertiary/aromatic N) is 1. The van der Waals surface area contributed by atoms with Gasteiger partial charge in [-0.05, 0) is 32.4 Å². The Balaban J connectivity index is 2.39. The van der Waals surface area contributed by atoms with Crippen molar-refractivity contribution in [2.45, 2.75) is 43.9 Å². The van der Waals surface area contributed by atoms with E-state index in [1.165, 1.54) is 4.31 Å². The van der Waals surface area contributed by atoms with E-state index in [4.69, 9.17) is 10.5 Å². The first-order valence-corrected chi connectivity index (χ1v) is 8.16. The third kappa shape index (κ3) is 3.03. The van der Waals surface area contributed by atoms with Crippen molar-refractivity contribution < 1.29 is 13.2 Å². The van der Waals surface area contributed by atoms with Crippen LogP contribution in [0.2, 0.25) is 0 Å². The van der Waals surface area contributed by atoms with E-state index in [2.05, 4.69) is 0 Å². The molecule has 0 radical (unpaired) electrons. The van der Waals surface area contributed by atoms with Gasteiger partial charge >= 0.3 is 0 Å². The molecule has 0 aromatic heterocycles. The Bertz CT molecular complexity index is 584. The molecular formula is C14H22N2O3S. The highest BCUT2D eigenvalue weighted by molar-refractivity contribution is 7.89. The summed E-state index contributed by atoms with van der Waals surface area (Å²) in [5.41, 5.74) is 5.81. The standard InChI is InChI=1S/C14H22N2O3S/c1-11-9-16(10-14(2,3)19-11)20(17,18)13-7-5-4-6-12(13)8-15/h4-7,11H,8-10,15H2,1-3H3. The summed E-state index contributed by atoms with van der Waals surface area (Å²) in [6.07, 6.45) is -0.126. The maximum atomic E-state index is 12.8. The van der Waals surface area contributed by atoms with Gasteiger partial charge in [0.15, 0.2) is 0 Å². The van der Waals surface area contributed by atoms with Gasteiger partial charge in [-0.1, -0.05) is 18.2 Å². The molecule has 1 fully saturated rings. The van der Waals surface area contributed by atoms with Crippen LogP contribution < -0.4 is 5.73 Å². The lowest BCUT2D eigenvalue weighted by molar-refractivity contribution is -0.109. The molecule has 5 nitrogen and oxygen atoms in total. The van der Waals surface area contributed by atoms with Gasteiger partial charge in [-0.2, -0.15) is 4.31 Å². The number of nitrogens with two attached hydrogens (primary N) is 1. The smallest absolute Gasteiger partial charge is 0.243 e. The topological polar surface area (TPSA) is 72.6 Å². The Kier molecular flexibility index (Phi) is 4.20. The molecule has 1 atom stereocenters. The molecule has 1 aromatic carbocycles. The average Bonchev–Trinajstić information content (AvgIpc) is 2.36. The van der Waals surface area contributed by atoms with E-state index in [9.17, 15) is 8.42 Å². The van der Waals surface area contributed by atoms with Crippen LogP contribution in [0.1, 0.15) is 26.3 Å². The molecule has 112 valence electrons. The van der Waals surface area contributed by atoms with Crippen molar-refractivity contribution in [2.75, 3.05) is 13.1 Å². The van der Waals surface area contributed by atoms with Crippen LogP contribution in [-0.4, -0.2) is 37.5 Å². The minimum absolute atomic E-state index is 0.126. The van der Waals surface area contributed by atoms with Crippen molar-refractivity contribution in [1.82, 2.24) is 4.31 Å². The maximum absolute atomic E-state index is 12.8. The van der Waals surface area contributed by atoms with Crippen LogP contribution in [0.3, 0.4) is 0 Å². The molecular weight excluding hydrogens is 276 g/mol. The van der Waals surface area contributed by atoms with Crippen LogP contribution in [0, 0.1) is 0 Å². The summed E-state index contributed by atoms with van der Waals surface area (Å²) in [4.78, 5) is 0.299. The van der Waals surface area contributed by atoms with Crippen LogP contribution in [-0.2, 0) is 21.3 Å². The Morgan fingerprint density at radius 2 is 2.05 bits per heavy atom. The second-order valence-electron chi connectivity index (χ2n) is 5.80. The lowest BCUT2D eigenvalue weighted by Gasteiger charge is -2.41. The van der Waals surface area contributed by atoms with Gasteiger partial charge in [0, 0.05) is 19.6 Å². The molecule has 0 amide bonds. The normalized spacial score (nSPS) is 23.7. The van der Waals surface area contributed by atoms with Crippen LogP contribution >= 0.6 is 0 Å². The molecule has 6 heteroatoms. The third-order valence-electron chi connectivity index (χ3n) is 3.35. The van der Waals surface area contributed by atoms with E-state index in [1.807, 2.05) is 20.8 Å². The number of ether oxygens (including phenoxy) is 1. The van der Waals surface area contributed by atoms with Gasteiger partial charge in [0.05, 0.1) is 16.6 Å². The van der Waals surface area contributed by atoms with Gasteiger partial charge in [-0.25, -0.2) is 8.42 Å². The third-order valence-corrected chi connectivity index (χ3v) is 5.26. The number of hydrogen-bond acceptors (Lipinski definition) is 4. The van der Waals surface area contributed by atoms with Gasteiger partial charge in [0.2, 0.25) is 10.0 Å². The molecule has 0 saturated carbocycles. The quantitative estimate of drug-likeness (QED) is 0.914. The van der Waals surface area contributed by atoms with Crippen LogP contribution in [0.25, 0.3) is 0 Å². The first-order valence-electron chi connectivity index (χ1n) is 6.72. The van der Waals surface area contributed by atoms with E-state index in [0.29, 0.717) is 23.5 Å². The van der Waals surface area contributed by atoms with Gasteiger partial charge < -0.3 is 10.5 Å². The summed E-state index contributed by atoms with van der Waals surface area (Å²) in [5, 5.41) is 0. The van der Waals surface area contributed by atoms with Gasteiger partial charge in [0.1, 0.15) is 0 Å². The Morgan fingerprint density at radius 3 is 2.65 bits per heavy atom. The lowest BCUT2D eigenvalue weighted by Crippen LogP contribution is -2.53. The molecule has 0 aliphatic carbocycles. The summed E-state index contributed by atoms with van der Waals surface area (Å²) >= 11 is 0. The minimum atomic E-state index is -3.54. The molecule has 0 bridgehead atoms. The minimum Gasteiger partial charge on any atom is -0.370 e. The Hall–Kier alpha value is -0.950. The lowest BCUT2D eigenvalue weighted by atomic mass is 10.1. The predicted octanol–water partition coefficient (Wildman–Crippen LogP) is 1.33. The number of benzene rings is 1. The second kappa shape index (κ2) is 5.44. The highest BCUT2D eigenvalue weighted by atomic mass is 32.2. The Labute approximate surface area is 120 Å². The molecule has 1 heterocycles. The SMILES string of the molecule is CC1CN(S(=O)(=O)c2ccccc2CN)CC(C)(C)O1. The van der Waals surface area contributed by atoms with Crippen molar-refractivity contribution in [1.29, 1.82) is 0 Å². The zero-order chi connectivity index (χ0) is 15.0. The molecule has 1 aromatic rings. The summed E-state index contributed by atoms with van der Waals surface area (Å²) in [7, 11) is -3.54. The molecule has 1 aliphatic rings. The fourth-order valence-electron chi connectivity index (χ4n) is 2.64. The zero-order valence-corrected chi connectivity index (χ0v) is 13.0. The van der Waals surface area contributed by atoms with Crippen LogP contribution in [0.4, 0.5) is 0 Å². The molecule has 20 heavy (non-hydrogen) atoms. The molecule has 2 N–H and O–H groups in total. The molecule has 1 saturated heterocycles. The van der Waals surface area contributed by atoms with E-state index in [1.54, 1.807) is 24.3 Å². The number of hydrogen-bond donors (Lipinski definition) is 1. The molecule has 1 aliphatic heterocycles. The van der Waals surface area contributed by atoms with Crippen molar-refractivity contribution in [3.8, 4) is 0 Å². The Morgan fingerprint density at radius 1 is 1.40 bits per heavy atom. The summed E-state index contributed by atoms with van der Waals surface area (Å²) < 4.78 is 32.9. The first-order chi connectivity index (χ1) is 9.26. The van der Waals surface area contributed by atoms with Gasteiger partial charge in [0.25, 0.3) is 0 Å². The van der Waals surface area contributed by atoms with E-state index >= 15 is 0 Å². The number of sulfonamides is 1. The zero-order valence-electron chi connectivity index (χ0n) is 12.2. The van der Waals surface area contributed by atoms with Crippen molar-refractivity contribution >= 4 is 10.0 Å². The summed E-state index contributed by atoms with van der Waals surface area (Å²) in [6, 6.07) is 6.89. The monoisotopic (exact) mass is 298 g/mol. The number of rotatable bonds is 3. The van der Waals surface area contributed by atoms with Gasteiger partial charge in [-0.3, -0.25) is 0 Å². The summed E-state index contributed by atoms with van der Waals surface area (Å²) in [6.45, 7) is 6.61. The second-order valence-corrected chi connectivity index (χ2v) is 7.70. The average molecular weight is 298 g/mol. The summed E-state index contributed by atoms with van der Waals surface area (Å²) in [5.74, 6) is 0. The van der Waals surface area contributed by atoms with Crippen LogP contribution in [0.15, 0.2) is 29.2 Å². The fraction of sp³-hybridized carbons (Fsp3) is 0.571. The van der Waals surface area contributed by atoms with E-state index in [-0.39, 0.29) is 12.6 Å². The molecule has 0 spiro atoms. The predicted molar refractivity (Wildman–Crippen MR) is 77.7 cm³/mol. The largest absolute Gasteiger partial charge is 0.370 e. The van der Waals surface area contributed by atoms with Crippen molar-refractivity contribution in [3.05, 3.63) is 29.8 Å². The first kappa shape index (κ1) is 15.4. The van der Waals surface area contributed by atoms with Gasteiger partial charge in [-0.15, -0.1) is 0 Å².